The lowest BCUT2D eigenvalue weighted by Gasteiger charge is -2.34. The van der Waals surface area contributed by atoms with Crippen LogP contribution in [0.3, 0.4) is 0 Å². The van der Waals surface area contributed by atoms with Gasteiger partial charge in [-0.3, -0.25) is 15.0 Å². The van der Waals surface area contributed by atoms with Crippen molar-refractivity contribution in [3.63, 3.8) is 0 Å². The number of non-ortho nitro benzene ring substituents is 1. The van der Waals surface area contributed by atoms with E-state index in [1.165, 1.54) is 28.6 Å². The minimum atomic E-state index is -3.60. The van der Waals surface area contributed by atoms with Crippen molar-refractivity contribution in [2.24, 2.45) is 5.73 Å². The lowest BCUT2D eigenvalue weighted by molar-refractivity contribution is -0.384. The van der Waals surface area contributed by atoms with Gasteiger partial charge in [0.25, 0.3) is 5.69 Å². The Morgan fingerprint density at radius 2 is 1.71 bits per heavy atom. The number of likely N-dealkylation sites (tertiary alicyclic amines) is 1. The van der Waals surface area contributed by atoms with Gasteiger partial charge in [-0.15, -0.1) is 0 Å². The maximum absolute atomic E-state index is 12.7. The number of rotatable bonds is 4. The van der Waals surface area contributed by atoms with Gasteiger partial charge in [0.1, 0.15) is 0 Å². The molecule has 3 rings (SSSR count). The molecule has 9 heteroatoms. The summed E-state index contributed by atoms with van der Waals surface area (Å²) in [6.45, 7) is 2.77. The first-order valence-corrected chi connectivity index (χ1v) is 9.56. The van der Waals surface area contributed by atoms with E-state index in [1.54, 1.807) is 0 Å². The van der Waals surface area contributed by atoms with E-state index in [0.29, 0.717) is 13.1 Å². The minimum Gasteiger partial charge on any atom is -0.328 e. The zero-order valence-corrected chi connectivity index (χ0v) is 14.2. The number of benzene rings is 1. The van der Waals surface area contributed by atoms with Crippen molar-refractivity contribution in [3.05, 3.63) is 34.4 Å². The van der Waals surface area contributed by atoms with Crippen LogP contribution in [0.1, 0.15) is 19.3 Å². The van der Waals surface area contributed by atoms with E-state index >= 15 is 0 Å². The molecule has 1 atom stereocenters. The van der Waals surface area contributed by atoms with Gasteiger partial charge in [0, 0.05) is 37.3 Å². The van der Waals surface area contributed by atoms with Crippen LogP contribution in [0.2, 0.25) is 0 Å². The molecule has 2 saturated heterocycles. The van der Waals surface area contributed by atoms with Crippen molar-refractivity contribution in [2.45, 2.75) is 36.2 Å². The quantitative estimate of drug-likeness (QED) is 0.632. The van der Waals surface area contributed by atoms with Gasteiger partial charge >= 0.3 is 0 Å². The molecule has 2 heterocycles. The summed E-state index contributed by atoms with van der Waals surface area (Å²) < 4.78 is 26.9. The van der Waals surface area contributed by atoms with Gasteiger partial charge in [0.05, 0.1) is 9.82 Å². The molecule has 0 spiro atoms. The van der Waals surface area contributed by atoms with Crippen molar-refractivity contribution in [3.8, 4) is 0 Å². The van der Waals surface area contributed by atoms with E-state index < -0.39 is 14.9 Å². The van der Waals surface area contributed by atoms with Gasteiger partial charge < -0.3 is 5.73 Å². The van der Waals surface area contributed by atoms with Crippen LogP contribution in [0.4, 0.5) is 5.69 Å². The van der Waals surface area contributed by atoms with Crippen LogP contribution < -0.4 is 5.73 Å². The Morgan fingerprint density at radius 3 is 2.29 bits per heavy atom. The van der Waals surface area contributed by atoms with Crippen molar-refractivity contribution in [2.75, 3.05) is 26.2 Å². The summed E-state index contributed by atoms with van der Waals surface area (Å²) in [5.41, 5.74) is 5.81. The van der Waals surface area contributed by atoms with E-state index in [-0.39, 0.29) is 22.7 Å². The fourth-order valence-electron chi connectivity index (χ4n) is 3.40. The fraction of sp³-hybridized carbons (Fsp3) is 0.600. The number of nitrogens with zero attached hydrogens (tertiary/aromatic N) is 3. The monoisotopic (exact) mass is 354 g/mol. The van der Waals surface area contributed by atoms with Crippen LogP contribution in [0.5, 0.6) is 0 Å². The lowest BCUT2D eigenvalue weighted by Crippen LogP contribution is -2.46. The highest BCUT2D eigenvalue weighted by Crippen LogP contribution is 2.26. The third kappa shape index (κ3) is 3.44. The summed E-state index contributed by atoms with van der Waals surface area (Å²) >= 11 is 0. The van der Waals surface area contributed by atoms with Gasteiger partial charge in [-0.1, -0.05) is 0 Å². The molecule has 2 aliphatic heterocycles. The first-order chi connectivity index (χ1) is 11.4. The van der Waals surface area contributed by atoms with E-state index in [9.17, 15) is 18.5 Å². The lowest BCUT2D eigenvalue weighted by atomic mass is 10.0. The van der Waals surface area contributed by atoms with Crippen molar-refractivity contribution in [1.29, 1.82) is 0 Å². The number of hydrogen-bond donors (Lipinski definition) is 1. The first-order valence-electron chi connectivity index (χ1n) is 8.12. The molecular formula is C15H22N4O4S. The van der Waals surface area contributed by atoms with Crippen molar-refractivity contribution >= 4 is 15.7 Å². The topological polar surface area (TPSA) is 110 Å². The molecular weight excluding hydrogens is 332 g/mol. The average molecular weight is 354 g/mol. The summed E-state index contributed by atoms with van der Waals surface area (Å²) in [7, 11) is -3.60. The largest absolute Gasteiger partial charge is 0.328 e. The second-order valence-corrected chi connectivity index (χ2v) is 8.37. The van der Waals surface area contributed by atoms with Gasteiger partial charge in [-0.2, -0.15) is 4.31 Å². The Morgan fingerprint density at radius 1 is 1.08 bits per heavy atom. The smallest absolute Gasteiger partial charge is 0.269 e. The number of nitrogens with two attached hydrogens (primary N) is 1. The molecule has 132 valence electrons. The van der Waals surface area contributed by atoms with Crippen LogP contribution in [0.25, 0.3) is 0 Å². The third-order valence-electron chi connectivity index (χ3n) is 4.90. The standard InChI is InChI=1S/C15H22N4O4S/c16-12-5-8-17(9-6-12)14-7-10-18(11-14)24(22,23)15-3-1-13(2-4-15)19(20)21/h1-4,12,14H,5-11,16H2/t14-/m0/s1. The highest BCUT2D eigenvalue weighted by molar-refractivity contribution is 7.89. The zero-order valence-electron chi connectivity index (χ0n) is 13.4. The molecule has 0 bridgehead atoms. The van der Waals surface area contributed by atoms with E-state index in [2.05, 4.69) is 4.90 Å². The number of nitro benzene ring substituents is 1. The highest BCUT2D eigenvalue weighted by atomic mass is 32.2. The number of piperidine rings is 1. The molecule has 1 aromatic carbocycles. The third-order valence-corrected chi connectivity index (χ3v) is 6.78. The average Bonchev–Trinajstić information content (AvgIpc) is 3.06. The van der Waals surface area contributed by atoms with Crippen LogP contribution in [-0.4, -0.2) is 60.8 Å². The molecule has 2 N–H and O–H groups in total. The fourth-order valence-corrected chi connectivity index (χ4v) is 4.89. The van der Waals surface area contributed by atoms with Gasteiger partial charge in [-0.05, 0) is 44.5 Å². The summed E-state index contributed by atoms with van der Waals surface area (Å²) in [5, 5.41) is 10.7. The maximum atomic E-state index is 12.7. The number of hydrogen-bond acceptors (Lipinski definition) is 6. The van der Waals surface area contributed by atoms with Crippen LogP contribution in [0, 0.1) is 10.1 Å². The van der Waals surface area contributed by atoms with E-state index in [4.69, 9.17) is 5.73 Å². The molecule has 0 amide bonds. The van der Waals surface area contributed by atoms with Gasteiger partial charge in [-0.25, -0.2) is 8.42 Å². The van der Waals surface area contributed by atoms with Gasteiger partial charge in [0.2, 0.25) is 10.0 Å². The predicted octanol–water partition coefficient (Wildman–Crippen LogP) is 0.781. The Balaban J connectivity index is 1.68. The van der Waals surface area contributed by atoms with Crippen molar-refractivity contribution in [1.82, 2.24) is 9.21 Å². The molecule has 8 nitrogen and oxygen atoms in total. The Kier molecular flexibility index (Phi) is 4.86. The second kappa shape index (κ2) is 6.75. The molecule has 2 aliphatic rings. The molecule has 0 unspecified atom stereocenters. The van der Waals surface area contributed by atoms with Gasteiger partial charge in [0.15, 0.2) is 0 Å². The van der Waals surface area contributed by atoms with Crippen molar-refractivity contribution < 1.29 is 13.3 Å². The minimum absolute atomic E-state index is 0.106. The van der Waals surface area contributed by atoms with E-state index in [0.717, 1.165) is 32.4 Å². The Bertz CT molecular complexity index is 699. The molecule has 0 saturated carbocycles. The first kappa shape index (κ1) is 17.3. The van der Waals surface area contributed by atoms with Crippen LogP contribution in [0.15, 0.2) is 29.2 Å². The molecule has 0 radical (unpaired) electrons. The van der Waals surface area contributed by atoms with E-state index in [1.807, 2.05) is 0 Å². The summed E-state index contributed by atoms with van der Waals surface area (Å²) in [5.74, 6) is 0. The molecule has 0 aliphatic carbocycles. The number of nitro groups is 1. The maximum Gasteiger partial charge on any atom is 0.269 e. The highest BCUT2D eigenvalue weighted by Gasteiger charge is 2.36. The van der Waals surface area contributed by atoms with Crippen LogP contribution >= 0.6 is 0 Å². The normalized spacial score (nSPS) is 24.3. The molecule has 2 fully saturated rings. The number of sulfonamides is 1. The van der Waals surface area contributed by atoms with Crippen LogP contribution in [-0.2, 0) is 10.0 Å². The Hall–Kier alpha value is -1.55. The summed E-state index contributed by atoms with van der Waals surface area (Å²) in [4.78, 5) is 12.6. The molecule has 24 heavy (non-hydrogen) atoms. The SMILES string of the molecule is NC1CCN([C@H]2CCN(S(=O)(=O)c3ccc([N+](=O)[O-])cc3)C2)CC1. The second-order valence-electron chi connectivity index (χ2n) is 6.43. The zero-order chi connectivity index (χ0) is 17.3. The molecule has 0 aromatic heterocycles. The summed E-state index contributed by atoms with van der Waals surface area (Å²) in [6.07, 6.45) is 2.71. The predicted molar refractivity (Wildman–Crippen MR) is 89.0 cm³/mol. The summed E-state index contributed by atoms with van der Waals surface area (Å²) in [6, 6.07) is 5.55. The Labute approximate surface area is 141 Å². The molecule has 1 aromatic rings.